The van der Waals surface area contributed by atoms with Crippen LogP contribution in [-0.4, -0.2) is 23.4 Å². The van der Waals surface area contributed by atoms with Crippen LogP contribution in [0, 0.1) is 0 Å². The quantitative estimate of drug-likeness (QED) is 0.276. The number of para-hydroxylation sites is 2. The van der Waals surface area contributed by atoms with Crippen LogP contribution in [-0.2, 0) is 21.4 Å². The maximum absolute atomic E-state index is 13.0. The molecule has 0 saturated heterocycles. The third-order valence-corrected chi connectivity index (χ3v) is 6.86. The van der Waals surface area contributed by atoms with Crippen molar-refractivity contribution in [2.75, 3.05) is 11.1 Å². The molecule has 1 heterocycles. The average Bonchev–Trinajstić information content (AvgIpc) is 3.34. The van der Waals surface area contributed by atoms with Gasteiger partial charge in [-0.3, -0.25) is 4.79 Å². The number of carbonyl (C=O) groups is 1. The molecule has 0 radical (unpaired) electrons. The summed E-state index contributed by atoms with van der Waals surface area (Å²) in [5.41, 5.74) is 9.84. The molecule has 0 aliphatic rings. The number of nitrogen functional groups attached to an aromatic ring is 1. The maximum atomic E-state index is 13.0. The number of aromatic nitrogens is 1. The Hall–Kier alpha value is -4.14. The van der Waals surface area contributed by atoms with Crippen LogP contribution in [0.4, 0.5) is 11.4 Å². The summed E-state index contributed by atoms with van der Waals surface area (Å²) in [5, 5.41) is 12.0. The summed E-state index contributed by atoms with van der Waals surface area (Å²) in [5.74, 6) is -0.380. The minimum atomic E-state index is -3.80. The van der Waals surface area contributed by atoms with E-state index in [1.807, 2.05) is 24.3 Å². The number of anilines is 2. The highest BCUT2D eigenvalue weighted by atomic mass is 32.2. The highest BCUT2D eigenvalue weighted by Gasteiger charge is 2.16. The number of hydrogen-bond acceptors (Lipinski definition) is 5. The van der Waals surface area contributed by atoms with Gasteiger partial charge in [0.2, 0.25) is 5.91 Å². The van der Waals surface area contributed by atoms with E-state index in [0.29, 0.717) is 16.9 Å². The lowest BCUT2D eigenvalue weighted by Crippen LogP contribution is -2.10. The Balaban J connectivity index is 1.48. The topological polar surface area (TPSA) is 114 Å². The molecule has 7 nitrogen and oxygen atoms in total. The molecule has 172 valence electrons. The monoisotopic (exact) mass is 473 g/mol. The van der Waals surface area contributed by atoms with E-state index in [1.165, 1.54) is 24.5 Å². The SMILES string of the molecule is Nc1ccccc1NC(=O)C=Cc1ccn(S(=O)(=O)c2ccc(-c3cccc(CO)c3)cc2)c1. The van der Waals surface area contributed by atoms with E-state index >= 15 is 0 Å². The smallest absolute Gasteiger partial charge is 0.267 e. The van der Waals surface area contributed by atoms with Gasteiger partial charge in [-0.15, -0.1) is 0 Å². The van der Waals surface area contributed by atoms with Crippen molar-refractivity contribution in [3.05, 3.63) is 108 Å². The van der Waals surface area contributed by atoms with Crippen LogP contribution in [0.25, 0.3) is 17.2 Å². The predicted octanol–water partition coefficient (Wildman–Crippen LogP) is 4.12. The third-order valence-electron chi connectivity index (χ3n) is 5.21. The minimum Gasteiger partial charge on any atom is -0.397 e. The second kappa shape index (κ2) is 9.78. The summed E-state index contributed by atoms with van der Waals surface area (Å²) in [6, 6.07) is 22.5. The van der Waals surface area contributed by atoms with E-state index in [2.05, 4.69) is 5.32 Å². The number of amides is 1. The minimum absolute atomic E-state index is 0.0628. The van der Waals surface area contributed by atoms with Gasteiger partial charge in [0.05, 0.1) is 22.9 Å². The van der Waals surface area contributed by atoms with Crippen molar-refractivity contribution in [1.29, 1.82) is 0 Å². The van der Waals surface area contributed by atoms with Crippen molar-refractivity contribution < 1.29 is 18.3 Å². The molecule has 4 aromatic rings. The second-order valence-corrected chi connectivity index (χ2v) is 9.42. The molecule has 1 amide bonds. The molecule has 4 N–H and O–H groups in total. The van der Waals surface area contributed by atoms with Crippen LogP contribution < -0.4 is 11.1 Å². The van der Waals surface area contributed by atoms with Crippen molar-refractivity contribution in [2.24, 2.45) is 0 Å². The van der Waals surface area contributed by atoms with Crippen LogP contribution in [0.5, 0.6) is 0 Å². The molecule has 0 saturated carbocycles. The van der Waals surface area contributed by atoms with Gasteiger partial charge in [0.25, 0.3) is 10.0 Å². The van der Waals surface area contributed by atoms with E-state index < -0.39 is 10.0 Å². The zero-order chi connectivity index (χ0) is 24.1. The summed E-state index contributed by atoms with van der Waals surface area (Å²) in [6.45, 7) is -0.0628. The van der Waals surface area contributed by atoms with Gasteiger partial charge in [-0.2, -0.15) is 0 Å². The molecule has 0 atom stereocenters. The molecule has 34 heavy (non-hydrogen) atoms. The standard InChI is InChI=1S/C26H23N3O4S/c27-24-6-1-2-7-25(24)28-26(31)13-8-19-14-15-29(17-19)34(32,33)23-11-9-21(10-12-23)22-5-3-4-20(16-22)18-30/h1-17,30H,18,27H2,(H,28,31). The van der Waals surface area contributed by atoms with Gasteiger partial charge in [0, 0.05) is 18.5 Å². The fraction of sp³-hybridized carbons (Fsp3) is 0.0385. The Morgan fingerprint density at radius 3 is 2.47 bits per heavy atom. The summed E-state index contributed by atoms with van der Waals surface area (Å²) >= 11 is 0. The van der Waals surface area contributed by atoms with Crippen molar-refractivity contribution in [1.82, 2.24) is 3.97 Å². The molecule has 0 fully saturated rings. The van der Waals surface area contributed by atoms with Crippen molar-refractivity contribution in [2.45, 2.75) is 11.5 Å². The molecule has 1 aromatic heterocycles. The highest BCUT2D eigenvalue weighted by Crippen LogP contribution is 2.24. The average molecular weight is 474 g/mol. The molecule has 0 bridgehead atoms. The maximum Gasteiger partial charge on any atom is 0.267 e. The number of aliphatic hydroxyl groups excluding tert-OH is 1. The Kier molecular flexibility index (Phi) is 6.62. The summed E-state index contributed by atoms with van der Waals surface area (Å²) in [4.78, 5) is 12.3. The summed E-state index contributed by atoms with van der Waals surface area (Å²) < 4.78 is 27.2. The largest absolute Gasteiger partial charge is 0.397 e. The number of carbonyl (C=O) groups excluding carboxylic acids is 1. The van der Waals surface area contributed by atoms with Gasteiger partial charge in [-0.1, -0.05) is 42.5 Å². The van der Waals surface area contributed by atoms with Crippen LogP contribution >= 0.6 is 0 Å². The van der Waals surface area contributed by atoms with Crippen LogP contribution in [0.3, 0.4) is 0 Å². The fourth-order valence-electron chi connectivity index (χ4n) is 3.39. The molecule has 8 heteroatoms. The number of nitrogens with zero attached hydrogens (tertiary/aromatic N) is 1. The van der Waals surface area contributed by atoms with Crippen LogP contribution in [0.1, 0.15) is 11.1 Å². The van der Waals surface area contributed by atoms with E-state index in [0.717, 1.165) is 20.7 Å². The number of nitrogens with one attached hydrogen (secondary N) is 1. The first-order valence-electron chi connectivity index (χ1n) is 10.4. The van der Waals surface area contributed by atoms with Gasteiger partial charge in [0.15, 0.2) is 0 Å². The van der Waals surface area contributed by atoms with Crippen LogP contribution in [0.2, 0.25) is 0 Å². The highest BCUT2D eigenvalue weighted by molar-refractivity contribution is 7.90. The first-order valence-corrected chi connectivity index (χ1v) is 11.9. The molecule has 0 aliphatic carbocycles. The summed E-state index contributed by atoms with van der Waals surface area (Å²) in [6.07, 6.45) is 5.71. The first kappa shape index (κ1) is 23.0. The zero-order valence-electron chi connectivity index (χ0n) is 18.1. The van der Waals surface area contributed by atoms with Gasteiger partial charge >= 0.3 is 0 Å². The molecular formula is C26H23N3O4S. The van der Waals surface area contributed by atoms with Gasteiger partial charge < -0.3 is 16.2 Å². The normalized spacial score (nSPS) is 11.6. The van der Waals surface area contributed by atoms with E-state index in [1.54, 1.807) is 54.6 Å². The van der Waals surface area contributed by atoms with E-state index in [-0.39, 0.29) is 17.4 Å². The molecular weight excluding hydrogens is 450 g/mol. The Morgan fingerprint density at radius 1 is 0.971 bits per heavy atom. The molecule has 0 aliphatic heterocycles. The number of hydrogen-bond donors (Lipinski definition) is 3. The molecule has 0 unspecified atom stereocenters. The predicted molar refractivity (Wildman–Crippen MR) is 133 cm³/mol. The van der Waals surface area contributed by atoms with Crippen LogP contribution in [0.15, 0.2) is 102 Å². The first-order chi connectivity index (χ1) is 16.4. The van der Waals surface area contributed by atoms with E-state index in [9.17, 15) is 18.3 Å². The second-order valence-electron chi connectivity index (χ2n) is 7.57. The number of rotatable bonds is 7. The molecule has 3 aromatic carbocycles. The Labute approximate surface area is 197 Å². The summed E-state index contributed by atoms with van der Waals surface area (Å²) in [7, 11) is -3.80. The lowest BCUT2D eigenvalue weighted by atomic mass is 10.0. The lowest BCUT2D eigenvalue weighted by molar-refractivity contribution is -0.111. The number of nitrogens with two attached hydrogens (primary N) is 1. The van der Waals surface area contributed by atoms with Gasteiger partial charge in [0.1, 0.15) is 0 Å². The van der Waals surface area contributed by atoms with Crippen molar-refractivity contribution >= 4 is 33.4 Å². The molecule has 4 rings (SSSR count). The van der Waals surface area contributed by atoms with Crippen molar-refractivity contribution in [3.8, 4) is 11.1 Å². The number of aliphatic hydroxyl groups is 1. The Bertz CT molecular complexity index is 1460. The lowest BCUT2D eigenvalue weighted by Gasteiger charge is -2.08. The van der Waals surface area contributed by atoms with E-state index in [4.69, 9.17) is 5.73 Å². The third kappa shape index (κ3) is 5.09. The zero-order valence-corrected chi connectivity index (χ0v) is 18.9. The van der Waals surface area contributed by atoms with Gasteiger partial charge in [-0.25, -0.2) is 12.4 Å². The fourth-order valence-corrected chi connectivity index (χ4v) is 4.59. The van der Waals surface area contributed by atoms with Crippen molar-refractivity contribution in [3.63, 3.8) is 0 Å². The molecule has 0 spiro atoms. The van der Waals surface area contributed by atoms with Gasteiger partial charge in [-0.05, 0) is 64.7 Å². The Morgan fingerprint density at radius 2 is 1.74 bits per heavy atom. The number of benzene rings is 3.